The number of nitrogens with one attached hydrogen (secondary N) is 2. The first-order valence-electron chi connectivity index (χ1n) is 11.8. The van der Waals surface area contributed by atoms with Gasteiger partial charge in [0.1, 0.15) is 11.6 Å². The van der Waals surface area contributed by atoms with Crippen LogP contribution in [0.25, 0.3) is 0 Å². The Balaban J connectivity index is 1.26. The fourth-order valence-electron chi connectivity index (χ4n) is 4.04. The first-order chi connectivity index (χ1) is 17.4. The van der Waals surface area contributed by atoms with Gasteiger partial charge in [-0.1, -0.05) is 18.2 Å². The van der Waals surface area contributed by atoms with Crippen molar-refractivity contribution in [2.45, 2.75) is 13.5 Å². The summed E-state index contributed by atoms with van der Waals surface area (Å²) in [6.45, 7) is 6.54. The average Bonchev–Trinajstić information content (AvgIpc) is 2.87. The summed E-state index contributed by atoms with van der Waals surface area (Å²) in [5, 5.41) is 5.99. The van der Waals surface area contributed by atoms with Gasteiger partial charge < -0.3 is 15.0 Å². The lowest BCUT2D eigenvalue weighted by molar-refractivity contribution is 0.0977. The van der Waals surface area contributed by atoms with Crippen LogP contribution >= 0.6 is 28.1 Å². The van der Waals surface area contributed by atoms with Crippen molar-refractivity contribution in [1.82, 2.24) is 10.2 Å². The Bertz CT molecular complexity index is 1220. The minimum atomic E-state index is -0.305. The molecular formula is C27H28BrFN4O2S. The third kappa shape index (κ3) is 6.81. The van der Waals surface area contributed by atoms with Crippen LogP contribution < -0.4 is 20.3 Å². The molecule has 1 amide bonds. The van der Waals surface area contributed by atoms with E-state index in [2.05, 4.69) is 36.4 Å². The van der Waals surface area contributed by atoms with Crippen LogP contribution in [0.15, 0.2) is 71.2 Å². The summed E-state index contributed by atoms with van der Waals surface area (Å²) < 4.78 is 20.1. The number of anilines is 2. The zero-order chi connectivity index (χ0) is 25.5. The maximum absolute atomic E-state index is 13.9. The number of carbonyl (C=O) groups excluding carboxylic acids is 1. The quantitative estimate of drug-likeness (QED) is 0.369. The Morgan fingerprint density at radius 3 is 2.44 bits per heavy atom. The van der Waals surface area contributed by atoms with Crippen molar-refractivity contribution in [3.63, 3.8) is 0 Å². The van der Waals surface area contributed by atoms with Gasteiger partial charge in [-0.15, -0.1) is 0 Å². The SMILES string of the molecule is CCOc1ccc(C(=O)NC(=S)Nc2ccc(N3CCN(Cc4ccccc4F)CC3)cc2)cc1Br. The number of carbonyl (C=O) groups is 1. The molecule has 1 fully saturated rings. The lowest BCUT2D eigenvalue weighted by Crippen LogP contribution is -2.46. The van der Waals surface area contributed by atoms with Gasteiger partial charge in [0.2, 0.25) is 0 Å². The van der Waals surface area contributed by atoms with E-state index in [4.69, 9.17) is 17.0 Å². The van der Waals surface area contributed by atoms with E-state index >= 15 is 0 Å². The van der Waals surface area contributed by atoms with Gasteiger partial charge in [0.05, 0.1) is 11.1 Å². The van der Waals surface area contributed by atoms with Crippen LogP contribution in [0.4, 0.5) is 15.8 Å². The minimum absolute atomic E-state index is 0.149. The van der Waals surface area contributed by atoms with E-state index in [-0.39, 0.29) is 16.8 Å². The summed E-state index contributed by atoms with van der Waals surface area (Å²) in [5.74, 6) is 0.229. The molecule has 4 rings (SSSR count). The molecule has 9 heteroatoms. The zero-order valence-electron chi connectivity index (χ0n) is 20.0. The molecule has 0 radical (unpaired) electrons. The molecule has 1 saturated heterocycles. The Morgan fingerprint density at radius 2 is 1.78 bits per heavy atom. The van der Waals surface area contributed by atoms with Crippen LogP contribution in [0.3, 0.4) is 0 Å². The van der Waals surface area contributed by atoms with Crippen molar-refractivity contribution >= 4 is 50.5 Å². The highest BCUT2D eigenvalue weighted by Gasteiger charge is 2.18. The predicted octanol–water partition coefficient (Wildman–Crippen LogP) is 5.44. The monoisotopic (exact) mass is 570 g/mol. The number of hydrogen-bond acceptors (Lipinski definition) is 5. The molecule has 3 aromatic carbocycles. The van der Waals surface area contributed by atoms with Crippen molar-refractivity contribution in [2.24, 2.45) is 0 Å². The molecule has 1 aliphatic heterocycles. The van der Waals surface area contributed by atoms with Crippen LogP contribution in [0, 0.1) is 5.82 Å². The Kier molecular flexibility index (Phi) is 8.90. The van der Waals surface area contributed by atoms with Gasteiger partial charge in [-0.25, -0.2) is 4.39 Å². The molecule has 0 bridgehead atoms. The molecule has 0 aliphatic carbocycles. The van der Waals surface area contributed by atoms with E-state index in [1.54, 1.807) is 24.3 Å². The van der Waals surface area contributed by atoms with Gasteiger partial charge in [-0.3, -0.25) is 15.0 Å². The highest BCUT2D eigenvalue weighted by atomic mass is 79.9. The first kappa shape index (κ1) is 26.1. The van der Waals surface area contributed by atoms with E-state index < -0.39 is 0 Å². The summed E-state index contributed by atoms with van der Waals surface area (Å²) in [4.78, 5) is 17.1. The third-order valence-electron chi connectivity index (χ3n) is 5.94. The molecule has 0 atom stereocenters. The van der Waals surface area contributed by atoms with E-state index in [0.717, 1.165) is 43.1 Å². The molecule has 0 spiro atoms. The molecule has 0 saturated carbocycles. The Morgan fingerprint density at radius 1 is 1.06 bits per heavy atom. The number of hydrogen-bond donors (Lipinski definition) is 2. The number of amides is 1. The van der Waals surface area contributed by atoms with Gasteiger partial charge in [0.15, 0.2) is 5.11 Å². The Hall–Kier alpha value is -3.01. The van der Waals surface area contributed by atoms with Crippen LogP contribution in [-0.4, -0.2) is 48.7 Å². The van der Waals surface area contributed by atoms with Crippen LogP contribution in [-0.2, 0) is 6.54 Å². The van der Waals surface area contributed by atoms with Crippen molar-refractivity contribution in [3.05, 3.63) is 88.1 Å². The topological polar surface area (TPSA) is 56.8 Å². The lowest BCUT2D eigenvalue weighted by Gasteiger charge is -2.36. The maximum atomic E-state index is 13.9. The summed E-state index contributed by atoms with van der Waals surface area (Å²) in [6, 6.07) is 20.0. The predicted molar refractivity (Wildman–Crippen MR) is 149 cm³/mol. The number of benzene rings is 3. The number of rotatable bonds is 7. The fourth-order valence-corrected chi connectivity index (χ4v) is 4.74. The lowest BCUT2D eigenvalue weighted by atomic mass is 10.1. The zero-order valence-corrected chi connectivity index (χ0v) is 22.4. The molecule has 0 aromatic heterocycles. The summed E-state index contributed by atoms with van der Waals surface area (Å²) >= 11 is 8.75. The second-order valence-corrected chi connectivity index (χ2v) is 9.65. The molecule has 0 unspecified atom stereocenters. The minimum Gasteiger partial charge on any atom is -0.493 e. The summed E-state index contributed by atoms with van der Waals surface area (Å²) in [6.07, 6.45) is 0. The molecule has 2 N–H and O–H groups in total. The number of ether oxygens (including phenoxy) is 1. The summed E-state index contributed by atoms with van der Waals surface area (Å²) in [5.41, 5.74) is 3.11. The van der Waals surface area contributed by atoms with Crippen molar-refractivity contribution in [3.8, 4) is 5.75 Å². The molecule has 36 heavy (non-hydrogen) atoms. The molecular weight excluding hydrogens is 543 g/mol. The summed E-state index contributed by atoms with van der Waals surface area (Å²) in [7, 11) is 0. The number of halogens is 2. The smallest absolute Gasteiger partial charge is 0.257 e. The fraction of sp³-hybridized carbons (Fsp3) is 0.259. The van der Waals surface area contributed by atoms with Gasteiger partial charge in [-0.2, -0.15) is 0 Å². The number of thiocarbonyl (C=S) groups is 1. The Labute approximate surface area is 224 Å². The van der Waals surface area contributed by atoms with Crippen LogP contribution in [0.5, 0.6) is 5.75 Å². The highest BCUT2D eigenvalue weighted by molar-refractivity contribution is 9.10. The first-order valence-corrected chi connectivity index (χ1v) is 13.0. The van der Waals surface area contributed by atoms with Gasteiger partial charge in [0, 0.05) is 55.2 Å². The van der Waals surface area contributed by atoms with E-state index in [1.165, 1.54) is 6.07 Å². The van der Waals surface area contributed by atoms with Gasteiger partial charge >= 0.3 is 0 Å². The molecule has 1 heterocycles. The van der Waals surface area contributed by atoms with Crippen molar-refractivity contribution in [1.29, 1.82) is 0 Å². The highest BCUT2D eigenvalue weighted by Crippen LogP contribution is 2.26. The van der Waals surface area contributed by atoms with Crippen LogP contribution in [0.2, 0.25) is 0 Å². The number of nitrogens with zero attached hydrogens (tertiary/aromatic N) is 2. The van der Waals surface area contributed by atoms with E-state index in [0.29, 0.717) is 28.9 Å². The molecule has 188 valence electrons. The van der Waals surface area contributed by atoms with Gasteiger partial charge in [-0.05, 0) is 83.6 Å². The average molecular weight is 572 g/mol. The van der Waals surface area contributed by atoms with Crippen molar-refractivity contribution in [2.75, 3.05) is 43.0 Å². The van der Waals surface area contributed by atoms with E-state index in [1.807, 2.05) is 43.3 Å². The van der Waals surface area contributed by atoms with E-state index in [9.17, 15) is 9.18 Å². The molecule has 3 aromatic rings. The second kappa shape index (κ2) is 12.3. The van der Waals surface area contributed by atoms with Crippen LogP contribution in [0.1, 0.15) is 22.8 Å². The largest absolute Gasteiger partial charge is 0.493 e. The second-order valence-electron chi connectivity index (χ2n) is 8.39. The third-order valence-corrected chi connectivity index (χ3v) is 6.76. The normalized spacial score (nSPS) is 13.8. The molecule has 1 aliphatic rings. The van der Waals surface area contributed by atoms with Gasteiger partial charge in [0.25, 0.3) is 5.91 Å². The maximum Gasteiger partial charge on any atom is 0.257 e. The number of piperazine rings is 1. The van der Waals surface area contributed by atoms with Crippen molar-refractivity contribution < 1.29 is 13.9 Å². The standard InChI is InChI=1S/C27H28BrFN4O2S/c1-2-35-25-12-7-19(17-23(25)28)26(34)31-27(36)30-21-8-10-22(11-9-21)33-15-13-32(14-16-33)18-20-5-3-4-6-24(20)29/h3-12,17H,2,13-16,18H2,1H3,(H2,30,31,34,36). The molecule has 6 nitrogen and oxygen atoms in total.